The summed E-state index contributed by atoms with van der Waals surface area (Å²) in [6.07, 6.45) is 1.15. The summed E-state index contributed by atoms with van der Waals surface area (Å²) in [6.45, 7) is 1.85. The van der Waals surface area contributed by atoms with Crippen LogP contribution in [0.4, 0.5) is 0 Å². The summed E-state index contributed by atoms with van der Waals surface area (Å²) >= 11 is 0. The molecule has 1 aromatic rings. The summed E-state index contributed by atoms with van der Waals surface area (Å²) in [5.41, 5.74) is 6.46. The number of hydrogen-bond donors (Lipinski definition) is 2. The van der Waals surface area contributed by atoms with Crippen molar-refractivity contribution < 1.29 is 13.2 Å². The van der Waals surface area contributed by atoms with E-state index < -0.39 is 21.8 Å². The SMILES string of the molecule is CC(CS(C)(=O)=O)NC(=O)C(CN)c1ccccc1.Cl. The molecule has 2 unspecified atom stereocenters. The number of carbonyl (C=O) groups excluding carboxylic acids is 1. The highest BCUT2D eigenvalue weighted by Crippen LogP contribution is 2.14. The van der Waals surface area contributed by atoms with Gasteiger partial charge in [0.15, 0.2) is 0 Å². The molecule has 0 radical (unpaired) electrons. The molecule has 0 saturated carbocycles. The van der Waals surface area contributed by atoms with E-state index >= 15 is 0 Å². The molecule has 2 atom stereocenters. The Morgan fingerprint density at radius 1 is 1.30 bits per heavy atom. The van der Waals surface area contributed by atoms with E-state index in [2.05, 4.69) is 5.32 Å². The van der Waals surface area contributed by atoms with Gasteiger partial charge in [-0.05, 0) is 12.5 Å². The van der Waals surface area contributed by atoms with E-state index in [4.69, 9.17) is 5.73 Å². The van der Waals surface area contributed by atoms with E-state index in [0.29, 0.717) is 0 Å². The smallest absolute Gasteiger partial charge is 0.229 e. The maximum atomic E-state index is 12.1. The third-order valence-electron chi connectivity index (χ3n) is 2.70. The Morgan fingerprint density at radius 3 is 2.30 bits per heavy atom. The van der Waals surface area contributed by atoms with Gasteiger partial charge in [-0.2, -0.15) is 0 Å². The summed E-state index contributed by atoms with van der Waals surface area (Å²) in [6, 6.07) is 8.77. The maximum Gasteiger partial charge on any atom is 0.229 e. The standard InChI is InChI=1S/C13H20N2O3S.ClH/c1-10(9-19(2,17)18)15-13(16)12(8-14)11-6-4-3-5-7-11;/h3-7,10,12H,8-9,14H2,1-2H3,(H,15,16);1H. The van der Waals surface area contributed by atoms with Crippen LogP contribution in [0.3, 0.4) is 0 Å². The first-order valence-corrected chi connectivity index (χ1v) is 8.12. The lowest BCUT2D eigenvalue weighted by Crippen LogP contribution is -2.41. The number of rotatable bonds is 6. The van der Waals surface area contributed by atoms with Crippen LogP contribution >= 0.6 is 12.4 Å². The molecular weight excluding hydrogens is 300 g/mol. The van der Waals surface area contributed by atoms with Crippen molar-refractivity contribution in [3.63, 3.8) is 0 Å². The van der Waals surface area contributed by atoms with E-state index in [0.717, 1.165) is 11.8 Å². The third kappa shape index (κ3) is 6.36. The summed E-state index contributed by atoms with van der Waals surface area (Å²) in [5.74, 6) is -0.779. The van der Waals surface area contributed by atoms with Crippen LogP contribution in [0.2, 0.25) is 0 Å². The van der Waals surface area contributed by atoms with Gasteiger partial charge in [-0.1, -0.05) is 30.3 Å². The predicted molar refractivity (Wildman–Crippen MR) is 82.8 cm³/mol. The highest BCUT2D eigenvalue weighted by molar-refractivity contribution is 7.90. The van der Waals surface area contributed by atoms with E-state index in [-0.39, 0.29) is 30.6 Å². The summed E-state index contributed by atoms with van der Waals surface area (Å²) in [4.78, 5) is 12.1. The minimum Gasteiger partial charge on any atom is -0.352 e. The van der Waals surface area contributed by atoms with Gasteiger partial charge in [-0.15, -0.1) is 12.4 Å². The Morgan fingerprint density at radius 2 is 1.85 bits per heavy atom. The Hall–Kier alpha value is -1.11. The van der Waals surface area contributed by atoms with Crippen molar-refractivity contribution in [2.75, 3.05) is 18.6 Å². The zero-order valence-corrected chi connectivity index (χ0v) is 13.2. The summed E-state index contributed by atoms with van der Waals surface area (Å²) in [7, 11) is -3.11. The lowest BCUT2D eigenvalue weighted by atomic mass is 9.98. The first-order chi connectivity index (χ1) is 8.83. The van der Waals surface area contributed by atoms with Crippen molar-refractivity contribution in [1.29, 1.82) is 0 Å². The Balaban J connectivity index is 0.00000361. The summed E-state index contributed by atoms with van der Waals surface area (Å²) in [5, 5.41) is 2.69. The molecule has 1 aromatic carbocycles. The maximum absolute atomic E-state index is 12.1. The van der Waals surface area contributed by atoms with E-state index in [9.17, 15) is 13.2 Å². The molecule has 0 fully saturated rings. The molecule has 0 aliphatic rings. The normalized spacial score (nSPS) is 13.9. The predicted octanol–water partition coefficient (Wildman–Crippen LogP) is 0.700. The van der Waals surface area contributed by atoms with E-state index in [1.807, 2.05) is 30.3 Å². The second-order valence-corrected chi connectivity index (χ2v) is 6.89. The van der Waals surface area contributed by atoms with Crippen molar-refractivity contribution in [2.24, 2.45) is 5.73 Å². The van der Waals surface area contributed by atoms with Crippen LogP contribution < -0.4 is 11.1 Å². The van der Waals surface area contributed by atoms with Crippen molar-refractivity contribution in [2.45, 2.75) is 18.9 Å². The highest BCUT2D eigenvalue weighted by Gasteiger charge is 2.21. The number of benzene rings is 1. The van der Waals surface area contributed by atoms with Crippen molar-refractivity contribution in [3.05, 3.63) is 35.9 Å². The molecule has 0 aromatic heterocycles. The van der Waals surface area contributed by atoms with E-state index in [1.54, 1.807) is 6.92 Å². The molecule has 0 aliphatic carbocycles. The van der Waals surface area contributed by atoms with Gasteiger partial charge in [-0.25, -0.2) is 8.42 Å². The van der Waals surface area contributed by atoms with Gasteiger partial charge in [0.25, 0.3) is 0 Å². The zero-order valence-electron chi connectivity index (χ0n) is 11.6. The number of hydrogen-bond acceptors (Lipinski definition) is 4. The fourth-order valence-corrected chi connectivity index (χ4v) is 2.91. The second-order valence-electron chi connectivity index (χ2n) is 4.70. The van der Waals surface area contributed by atoms with Gasteiger partial charge in [0.2, 0.25) is 5.91 Å². The Bertz CT molecular complexity index is 520. The lowest BCUT2D eigenvalue weighted by Gasteiger charge is -2.19. The number of sulfone groups is 1. The van der Waals surface area contributed by atoms with Gasteiger partial charge in [0.1, 0.15) is 9.84 Å². The van der Waals surface area contributed by atoms with Gasteiger partial charge in [0, 0.05) is 18.8 Å². The molecule has 1 rings (SSSR count). The fourth-order valence-electron chi connectivity index (χ4n) is 1.92. The van der Waals surface area contributed by atoms with Crippen molar-refractivity contribution in [1.82, 2.24) is 5.32 Å². The highest BCUT2D eigenvalue weighted by atomic mass is 35.5. The van der Waals surface area contributed by atoms with Crippen LogP contribution in [0.15, 0.2) is 30.3 Å². The van der Waals surface area contributed by atoms with Crippen molar-refractivity contribution >= 4 is 28.2 Å². The average Bonchev–Trinajstić information content (AvgIpc) is 2.28. The van der Waals surface area contributed by atoms with Gasteiger partial charge in [-0.3, -0.25) is 4.79 Å². The topological polar surface area (TPSA) is 89.3 Å². The van der Waals surface area contributed by atoms with Crippen LogP contribution in [0.1, 0.15) is 18.4 Å². The quantitative estimate of drug-likeness (QED) is 0.807. The van der Waals surface area contributed by atoms with E-state index in [1.165, 1.54) is 0 Å². The van der Waals surface area contributed by atoms with Crippen LogP contribution in [0.5, 0.6) is 0 Å². The number of carbonyl (C=O) groups is 1. The number of nitrogens with two attached hydrogens (primary N) is 1. The van der Waals surface area contributed by atoms with Crippen LogP contribution in [-0.4, -0.2) is 38.9 Å². The first kappa shape index (κ1) is 18.9. The largest absolute Gasteiger partial charge is 0.352 e. The van der Waals surface area contributed by atoms with Gasteiger partial charge in [0.05, 0.1) is 11.7 Å². The molecule has 1 amide bonds. The zero-order chi connectivity index (χ0) is 14.5. The number of amides is 1. The average molecular weight is 321 g/mol. The molecule has 0 spiro atoms. The minimum atomic E-state index is -3.11. The second kappa shape index (κ2) is 8.24. The third-order valence-corrected chi connectivity index (χ3v) is 3.80. The molecule has 5 nitrogen and oxygen atoms in total. The molecule has 0 aliphatic heterocycles. The molecule has 3 N–H and O–H groups in total. The molecular formula is C13H21ClN2O3S. The minimum absolute atomic E-state index is 0. The van der Waals surface area contributed by atoms with Crippen molar-refractivity contribution in [3.8, 4) is 0 Å². The van der Waals surface area contributed by atoms with Gasteiger partial charge >= 0.3 is 0 Å². The molecule has 0 heterocycles. The molecule has 20 heavy (non-hydrogen) atoms. The lowest BCUT2D eigenvalue weighted by molar-refractivity contribution is -0.122. The number of halogens is 1. The van der Waals surface area contributed by atoms with Crippen LogP contribution in [0.25, 0.3) is 0 Å². The number of nitrogens with one attached hydrogen (secondary N) is 1. The molecule has 114 valence electrons. The van der Waals surface area contributed by atoms with Gasteiger partial charge < -0.3 is 11.1 Å². The Labute approximate surface area is 126 Å². The van der Waals surface area contributed by atoms with Crippen LogP contribution in [0, 0.1) is 0 Å². The monoisotopic (exact) mass is 320 g/mol. The summed E-state index contributed by atoms with van der Waals surface area (Å²) < 4.78 is 22.3. The molecule has 0 saturated heterocycles. The molecule has 0 bridgehead atoms. The molecule has 7 heteroatoms. The van der Waals surface area contributed by atoms with Crippen LogP contribution in [-0.2, 0) is 14.6 Å². The first-order valence-electron chi connectivity index (χ1n) is 6.06. The fraction of sp³-hybridized carbons (Fsp3) is 0.462. The Kier molecular flexibility index (Phi) is 7.78.